The highest BCUT2D eigenvalue weighted by Crippen LogP contribution is 2.30. The Balaban J connectivity index is 1.85. The van der Waals surface area contributed by atoms with Crippen molar-refractivity contribution in [2.24, 2.45) is 4.99 Å². The van der Waals surface area contributed by atoms with Crippen LogP contribution in [0.1, 0.15) is 54.1 Å². The van der Waals surface area contributed by atoms with E-state index in [0.29, 0.717) is 34.1 Å². The first kappa shape index (κ1) is 22.3. The smallest absolute Gasteiger partial charge is 0.264 e. The van der Waals surface area contributed by atoms with Crippen molar-refractivity contribution in [1.29, 1.82) is 5.26 Å². The van der Waals surface area contributed by atoms with Crippen LogP contribution >= 0.6 is 11.6 Å². The van der Waals surface area contributed by atoms with E-state index in [-0.39, 0.29) is 17.2 Å². The molecule has 0 aromatic heterocycles. The SMILES string of the molecule is CCCCCCNC(=O)/C(C#N)=C1\N=C(NC(=O)c2ccc(Cl)cc2)c2ccccc21. The Morgan fingerprint density at radius 2 is 1.74 bits per heavy atom. The van der Waals surface area contributed by atoms with Crippen molar-refractivity contribution in [2.75, 3.05) is 6.54 Å². The van der Waals surface area contributed by atoms with Gasteiger partial charge in [-0.25, -0.2) is 4.99 Å². The van der Waals surface area contributed by atoms with Crippen molar-refractivity contribution in [3.63, 3.8) is 0 Å². The van der Waals surface area contributed by atoms with Gasteiger partial charge in [0, 0.05) is 28.3 Å². The van der Waals surface area contributed by atoms with Gasteiger partial charge >= 0.3 is 0 Å². The number of fused-ring (bicyclic) bond motifs is 1. The van der Waals surface area contributed by atoms with Gasteiger partial charge in [-0.3, -0.25) is 9.59 Å². The molecule has 2 amide bonds. The molecule has 0 unspecified atom stereocenters. The lowest BCUT2D eigenvalue weighted by Gasteiger charge is -2.06. The van der Waals surface area contributed by atoms with E-state index in [9.17, 15) is 14.9 Å². The number of amidine groups is 1. The van der Waals surface area contributed by atoms with Gasteiger partial charge in [-0.1, -0.05) is 62.1 Å². The third-order valence-corrected chi connectivity index (χ3v) is 5.14. The molecule has 0 fully saturated rings. The van der Waals surface area contributed by atoms with Gasteiger partial charge in [0.25, 0.3) is 11.8 Å². The molecule has 6 nitrogen and oxygen atoms in total. The largest absolute Gasteiger partial charge is 0.351 e. The number of carbonyl (C=O) groups excluding carboxylic acids is 2. The van der Waals surface area contributed by atoms with Crippen LogP contribution in [0.3, 0.4) is 0 Å². The Kier molecular flexibility index (Phi) is 7.58. The molecule has 31 heavy (non-hydrogen) atoms. The minimum Gasteiger partial charge on any atom is -0.351 e. The number of hydrogen-bond acceptors (Lipinski definition) is 4. The fourth-order valence-corrected chi connectivity index (χ4v) is 3.37. The number of nitriles is 1. The Hall–Kier alpha value is -3.43. The zero-order valence-electron chi connectivity index (χ0n) is 17.2. The molecule has 0 spiro atoms. The number of unbranched alkanes of at least 4 members (excludes halogenated alkanes) is 3. The summed E-state index contributed by atoms with van der Waals surface area (Å²) in [6, 6.07) is 15.7. The third-order valence-electron chi connectivity index (χ3n) is 4.89. The van der Waals surface area contributed by atoms with E-state index in [2.05, 4.69) is 22.5 Å². The molecule has 1 heterocycles. The maximum Gasteiger partial charge on any atom is 0.264 e. The predicted molar refractivity (Wildman–Crippen MR) is 122 cm³/mol. The Morgan fingerprint density at radius 3 is 2.42 bits per heavy atom. The first-order valence-electron chi connectivity index (χ1n) is 10.2. The molecule has 0 aliphatic carbocycles. The Bertz CT molecular complexity index is 1080. The van der Waals surface area contributed by atoms with Gasteiger partial charge in [0.05, 0.1) is 5.70 Å². The molecule has 0 saturated heterocycles. The maximum atomic E-state index is 12.6. The van der Waals surface area contributed by atoms with Crippen molar-refractivity contribution < 1.29 is 9.59 Å². The van der Waals surface area contributed by atoms with Crippen LogP contribution in [0.25, 0.3) is 5.70 Å². The predicted octanol–water partition coefficient (Wildman–Crippen LogP) is 4.46. The summed E-state index contributed by atoms with van der Waals surface area (Å²) in [4.78, 5) is 29.7. The first-order valence-corrected chi connectivity index (χ1v) is 10.6. The minimum absolute atomic E-state index is 0.0707. The second-order valence-corrected chi connectivity index (χ2v) is 7.56. The molecule has 2 aromatic carbocycles. The number of nitrogens with one attached hydrogen (secondary N) is 2. The molecule has 158 valence electrons. The number of rotatable bonds is 7. The zero-order valence-corrected chi connectivity index (χ0v) is 18.0. The molecule has 0 atom stereocenters. The van der Waals surface area contributed by atoms with E-state index in [1.54, 1.807) is 42.5 Å². The van der Waals surface area contributed by atoms with E-state index in [1.165, 1.54) is 0 Å². The van der Waals surface area contributed by atoms with Crippen LogP contribution < -0.4 is 10.6 Å². The van der Waals surface area contributed by atoms with Crippen LogP contribution in [0.4, 0.5) is 0 Å². The highest BCUT2D eigenvalue weighted by Gasteiger charge is 2.27. The van der Waals surface area contributed by atoms with Crippen molar-refractivity contribution >= 4 is 34.9 Å². The topological polar surface area (TPSA) is 94.3 Å². The standard InChI is InChI=1S/C24H23ClN4O2/c1-2-3-4-7-14-27-24(31)20(15-26)21-18-8-5-6-9-19(18)22(28-21)29-23(30)16-10-12-17(25)13-11-16/h5-6,8-13H,2-4,7,14H2,1H3,(H,27,31)(H,28,29,30)/b21-20-. The molecule has 1 aliphatic heterocycles. The van der Waals surface area contributed by atoms with Crippen LogP contribution in [-0.2, 0) is 4.79 Å². The quantitative estimate of drug-likeness (QED) is 0.382. The molecule has 0 radical (unpaired) electrons. The van der Waals surface area contributed by atoms with Crippen LogP contribution in [-0.4, -0.2) is 24.2 Å². The zero-order chi connectivity index (χ0) is 22.2. The molecule has 7 heteroatoms. The van der Waals surface area contributed by atoms with Crippen LogP contribution in [0.5, 0.6) is 0 Å². The molecule has 0 saturated carbocycles. The number of hydrogen-bond donors (Lipinski definition) is 2. The monoisotopic (exact) mass is 434 g/mol. The second kappa shape index (κ2) is 10.6. The Morgan fingerprint density at radius 1 is 1.03 bits per heavy atom. The van der Waals surface area contributed by atoms with Gasteiger partial charge in [0.15, 0.2) is 0 Å². The number of nitrogens with zero attached hydrogens (tertiary/aromatic N) is 2. The number of benzene rings is 2. The highest BCUT2D eigenvalue weighted by atomic mass is 35.5. The summed E-state index contributed by atoms with van der Waals surface area (Å²) in [6.45, 7) is 2.62. The van der Waals surface area contributed by atoms with Crippen molar-refractivity contribution in [2.45, 2.75) is 32.6 Å². The van der Waals surface area contributed by atoms with E-state index >= 15 is 0 Å². The number of carbonyl (C=O) groups is 2. The van der Waals surface area contributed by atoms with Gasteiger partial charge in [0.2, 0.25) is 0 Å². The van der Waals surface area contributed by atoms with Crippen molar-refractivity contribution in [3.8, 4) is 6.07 Å². The summed E-state index contributed by atoms with van der Waals surface area (Å²) in [7, 11) is 0. The normalized spacial score (nSPS) is 13.6. The average Bonchev–Trinajstić information content (AvgIpc) is 3.13. The summed E-state index contributed by atoms with van der Waals surface area (Å²) >= 11 is 5.88. The van der Waals surface area contributed by atoms with Gasteiger partial charge < -0.3 is 10.6 Å². The number of aliphatic imine (C=N–C) groups is 1. The van der Waals surface area contributed by atoms with Gasteiger partial charge in [-0.05, 0) is 30.7 Å². The van der Waals surface area contributed by atoms with Gasteiger partial charge in [-0.15, -0.1) is 0 Å². The maximum absolute atomic E-state index is 12.6. The summed E-state index contributed by atoms with van der Waals surface area (Å²) < 4.78 is 0. The Labute approximate surface area is 186 Å². The fraction of sp³-hybridized carbons (Fsp3) is 0.250. The summed E-state index contributed by atoms with van der Waals surface area (Å²) in [5.74, 6) is -0.516. The molecule has 2 aromatic rings. The van der Waals surface area contributed by atoms with Gasteiger partial charge in [-0.2, -0.15) is 5.26 Å². The van der Waals surface area contributed by atoms with Crippen LogP contribution in [0, 0.1) is 11.3 Å². The van der Waals surface area contributed by atoms with Crippen molar-refractivity contribution in [1.82, 2.24) is 10.6 Å². The van der Waals surface area contributed by atoms with Crippen LogP contribution in [0.2, 0.25) is 5.02 Å². The molecule has 1 aliphatic rings. The molecular formula is C24H23ClN4O2. The van der Waals surface area contributed by atoms with Crippen molar-refractivity contribution in [3.05, 3.63) is 75.8 Å². The lowest BCUT2D eigenvalue weighted by molar-refractivity contribution is -0.117. The minimum atomic E-state index is -0.460. The van der Waals surface area contributed by atoms with Gasteiger partial charge in [0.1, 0.15) is 17.5 Å². The molecule has 2 N–H and O–H groups in total. The van der Waals surface area contributed by atoms with E-state index in [0.717, 1.165) is 25.7 Å². The lowest BCUT2D eigenvalue weighted by atomic mass is 10.0. The fourth-order valence-electron chi connectivity index (χ4n) is 3.25. The first-order chi connectivity index (χ1) is 15.0. The molecular weight excluding hydrogens is 412 g/mol. The average molecular weight is 435 g/mol. The second-order valence-electron chi connectivity index (χ2n) is 7.12. The van der Waals surface area contributed by atoms with Crippen LogP contribution in [0.15, 0.2) is 59.1 Å². The summed E-state index contributed by atoms with van der Waals surface area (Å²) in [6.07, 6.45) is 4.10. The van der Waals surface area contributed by atoms with E-state index in [4.69, 9.17) is 11.6 Å². The number of halogens is 1. The summed E-state index contributed by atoms with van der Waals surface area (Å²) in [5, 5.41) is 15.8. The summed E-state index contributed by atoms with van der Waals surface area (Å²) in [5.41, 5.74) is 1.90. The number of amides is 2. The molecule has 3 rings (SSSR count). The van der Waals surface area contributed by atoms with E-state index in [1.807, 2.05) is 12.1 Å². The third kappa shape index (κ3) is 5.39. The molecule has 0 bridgehead atoms. The lowest BCUT2D eigenvalue weighted by Crippen LogP contribution is -2.30. The highest BCUT2D eigenvalue weighted by molar-refractivity contribution is 6.30. The van der Waals surface area contributed by atoms with E-state index < -0.39 is 5.91 Å².